The van der Waals surface area contributed by atoms with Crippen molar-refractivity contribution in [3.63, 3.8) is 0 Å². The maximum atomic E-state index is 9.62. The Morgan fingerprint density at radius 1 is 1.25 bits per heavy atom. The van der Waals surface area contributed by atoms with Gasteiger partial charge in [-0.2, -0.15) is 5.10 Å². The molecule has 106 valence electrons. The fraction of sp³-hybridized carbons (Fsp3) is 0.438. The standard InChI is InChI=1S/C16H21N3O/c20-13-16(7-1-2-8-16)17-12-14-5-3-6-15(11-14)19-10-4-9-18-19/h3-6,9-11,17,20H,1-2,7-8,12-13H2. The molecular formula is C16H21N3O. The second-order valence-electron chi connectivity index (χ2n) is 5.62. The molecule has 1 aliphatic carbocycles. The van der Waals surface area contributed by atoms with Gasteiger partial charge in [-0.1, -0.05) is 25.0 Å². The van der Waals surface area contributed by atoms with Gasteiger partial charge in [0.2, 0.25) is 0 Å². The molecule has 0 radical (unpaired) electrons. The summed E-state index contributed by atoms with van der Waals surface area (Å²) >= 11 is 0. The lowest BCUT2D eigenvalue weighted by molar-refractivity contribution is 0.163. The first kappa shape index (κ1) is 13.3. The number of aliphatic hydroxyl groups excluding tert-OH is 1. The van der Waals surface area contributed by atoms with Gasteiger partial charge in [0, 0.05) is 24.5 Å². The summed E-state index contributed by atoms with van der Waals surface area (Å²) in [5.74, 6) is 0. The SMILES string of the molecule is OCC1(NCc2cccc(-n3cccn3)c2)CCCC1. The number of hydrogen-bond acceptors (Lipinski definition) is 3. The van der Waals surface area contributed by atoms with E-state index in [1.807, 2.05) is 29.1 Å². The van der Waals surface area contributed by atoms with Gasteiger partial charge in [0.1, 0.15) is 0 Å². The molecule has 2 N–H and O–H groups in total. The highest BCUT2D eigenvalue weighted by Gasteiger charge is 2.32. The van der Waals surface area contributed by atoms with Crippen LogP contribution in [0.15, 0.2) is 42.7 Å². The molecule has 1 heterocycles. The molecule has 0 atom stereocenters. The third-order valence-corrected chi connectivity index (χ3v) is 4.21. The Labute approximate surface area is 119 Å². The first-order chi connectivity index (χ1) is 9.81. The highest BCUT2D eigenvalue weighted by Crippen LogP contribution is 2.29. The number of nitrogens with one attached hydrogen (secondary N) is 1. The molecular weight excluding hydrogens is 250 g/mol. The molecule has 0 unspecified atom stereocenters. The van der Waals surface area contributed by atoms with Gasteiger partial charge in [0.05, 0.1) is 12.3 Å². The van der Waals surface area contributed by atoms with Crippen molar-refractivity contribution in [3.8, 4) is 5.69 Å². The number of aliphatic hydroxyl groups is 1. The molecule has 0 amide bonds. The fourth-order valence-corrected chi connectivity index (χ4v) is 2.96. The predicted molar refractivity (Wildman–Crippen MR) is 78.7 cm³/mol. The lowest BCUT2D eigenvalue weighted by Crippen LogP contribution is -2.45. The van der Waals surface area contributed by atoms with Gasteiger partial charge in [-0.05, 0) is 36.6 Å². The Morgan fingerprint density at radius 3 is 2.80 bits per heavy atom. The highest BCUT2D eigenvalue weighted by atomic mass is 16.3. The lowest BCUT2D eigenvalue weighted by Gasteiger charge is -2.28. The zero-order chi connectivity index (χ0) is 13.8. The summed E-state index contributed by atoms with van der Waals surface area (Å²) in [7, 11) is 0. The van der Waals surface area contributed by atoms with Crippen molar-refractivity contribution in [1.82, 2.24) is 15.1 Å². The Bertz CT molecular complexity index is 545. The molecule has 20 heavy (non-hydrogen) atoms. The van der Waals surface area contributed by atoms with E-state index in [0.29, 0.717) is 0 Å². The van der Waals surface area contributed by atoms with Crippen molar-refractivity contribution < 1.29 is 5.11 Å². The summed E-state index contributed by atoms with van der Waals surface area (Å²) in [6, 6.07) is 10.3. The molecule has 1 fully saturated rings. The van der Waals surface area contributed by atoms with E-state index >= 15 is 0 Å². The van der Waals surface area contributed by atoms with E-state index in [1.165, 1.54) is 18.4 Å². The third kappa shape index (κ3) is 2.76. The van der Waals surface area contributed by atoms with Gasteiger partial charge in [0.25, 0.3) is 0 Å². The molecule has 0 aliphatic heterocycles. The lowest BCUT2D eigenvalue weighted by atomic mass is 9.98. The van der Waals surface area contributed by atoms with E-state index in [-0.39, 0.29) is 12.1 Å². The number of benzene rings is 1. The molecule has 0 spiro atoms. The van der Waals surface area contributed by atoms with Crippen LogP contribution in [0.25, 0.3) is 5.69 Å². The third-order valence-electron chi connectivity index (χ3n) is 4.21. The largest absolute Gasteiger partial charge is 0.394 e. The topological polar surface area (TPSA) is 50.1 Å². The van der Waals surface area contributed by atoms with Crippen LogP contribution in [0.4, 0.5) is 0 Å². The number of hydrogen-bond donors (Lipinski definition) is 2. The van der Waals surface area contributed by atoms with Crippen molar-refractivity contribution in [2.45, 2.75) is 37.8 Å². The van der Waals surface area contributed by atoms with Gasteiger partial charge in [0.15, 0.2) is 0 Å². The van der Waals surface area contributed by atoms with Crippen molar-refractivity contribution in [2.24, 2.45) is 0 Å². The van der Waals surface area contributed by atoms with Crippen LogP contribution in [-0.4, -0.2) is 27.0 Å². The highest BCUT2D eigenvalue weighted by molar-refractivity contribution is 5.35. The molecule has 2 aromatic rings. The smallest absolute Gasteiger partial charge is 0.0648 e. The average Bonchev–Trinajstić information content (AvgIpc) is 3.18. The van der Waals surface area contributed by atoms with Crippen molar-refractivity contribution in [1.29, 1.82) is 0 Å². The van der Waals surface area contributed by atoms with Crippen LogP contribution in [0.5, 0.6) is 0 Å². The summed E-state index contributed by atoms with van der Waals surface area (Å²) in [6.45, 7) is 1.02. The molecule has 3 rings (SSSR count). The molecule has 1 aromatic carbocycles. The summed E-state index contributed by atoms with van der Waals surface area (Å²) in [5.41, 5.74) is 2.22. The molecule has 0 saturated heterocycles. The van der Waals surface area contributed by atoms with Crippen LogP contribution in [0.3, 0.4) is 0 Å². The molecule has 1 aliphatic rings. The zero-order valence-electron chi connectivity index (χ0n) is 11.6. The monoisotopic (exact) mass is 271 g/mol. The van der Waals surface area contributed by atoms with E-state index in [0.717, 1.165) is 25.1 Å². The maximum absolute atomic E-state index is 9.62. The maximum Gasteiger partial charge on any atom is 0.0648 e. The van der Waals surface area contributed by atoms with E-state index < -0.39 is 0 Å². The first-order valence-corrected chi connectivity index (χ1v) is 7.26. The Hall–Kier alpha value is -1.65. The summed E-state index contributed by atoms with van der Waals surface area (Å²) < 4.78 is 1.86. The number of aromatic nitrogens is 2. The summed E-state index contributed by atoms with van der Waals surface area (Å²) in [6.07, 6.45) is 8.29. The van der Waals surface area contributed by atoms with Crippen LogP contribution in [0, 0.1) is 0 Å². The summed E-state index contributed by atoms with van der Waals surface area (Å²) in [4.78, 5) is 0. The number of rotatable bonds is 5. The van der Waals surface area contributed by atoms with Crippen LogP contribution in [0.2, 0.25) is 0 Å². The van der Waals surface area contributed by atoms with Gasteiger partial charge in [-0.25, -0.2) is 4.68 Å². The Balaban J connectivity index is 1.70. The fourth-order valence-electron chi connectivity index (χ4n) is 2.96. The van der Waals surface area contributed by atoms with Gasteiger partial charge < -0.3 is 10.4 Å². The Morgan fingerprint density at radius 2 is 2.10 bits per heavy atom. The molecule has 1 aromatic heterocycles. The molecule has 4 nitrogen and oxygen atoms in total. The van der Waals surface area contributed by atoms with Crippen molar-refractivity contribution in [3.05, 3.63) is 48.3 Å². The minimum absolute atomic E-state index is 0.0678. The van der Waals surface area contributed by atoms with E-state index in [1.54, 1.807) is 6.20 Å². The summed E-state index contributed by atoms with van der Waals surface area (Å²) in [5, 5.41) is 17.4. The van der Waals surface area contributed by atoms with Crippen LogP contribution in [0.1, 0.15) is 31.2 Å². The second kappa shape index (κ2) is 5.77. The van der Waals surface area contributed by atoms with Crippen LogP contribution < -0.4 is 5.32 Å². The van der Waals surface area contributed by atoms with Gasteiger partial charge >= 0.3 is 0 Å². The average molecular weight is 271 g/mol. The number of nitrogens with zero attached hydrogens (tertiary/aromatic N) is 2. The normalized spacial score (nSPS) is 17.4. The van der Waals surface area contributed by atoms with E-state index in [9.17, 15) is 5.11 Å². The van der Waals surface area contributed by atoms with Gasteiger partial charge in [-0.3, -0.25) is 0 Å². The van der Waals surface area contributed by atoms with Crippen LogP contribution >= 0.6 is 0 Å². The Kier molecular flexibility index (Phi) is 3.85. The predicted octanol–water partition coefficient (Wildman–Crippen LogP) is 2.27. The second-order valence-corrected chi connectivity index (χ2v) is 5.62. The van der Waals surface area contributed by atoms with E-state index in [4.69, 9.17) is 0 Å². The van der Waals surface area contributed by atoms with Crippen molar-refractivity contribution >= 4 is 0 Å². The molecule has 0 bridgehead atoms. The quantitative estimate of drug-likeness (QED) is 0.877. The van der Waals surface area contributed by atoms with Gasteiger partial charge in [-0.15, -0.1) is 0 Å². The first-order valence-electron chi connectivity index (χ1n) is 7.26. The van der Waals surface area contributed by atoms with Crippen LogP contribution in [-0.2, 0) is 6.54 Å². The molecule has 1 saturated carbocycles. The van der Waals surface area contributed by atoms with E-state index in [2.05, 4.69) is 22.5 Å². The molecule has 4 heteroatoms. The minimum Gasteiger partial charge on any atom is -0.394 e. The van der Waals surface area contributed by atoms with Crippen molar-refractivity contribution in [2.75, 3.05) is 6.61 Å². The minimum atomic E-state index is -0.0678. The zero-order valence-corrected chi connectivity index (χ0v) is 11.6.